The average molecular weight is 440 g/mol. The second-order valence-electron chi connectivity index (χ2n) is 7.72. The summed E-state index contributed by atoms with van der Waals surface area (Å²) >= 11 is 1.22. The maximum absolute atomic E-state index is 12.6. The lowest BCUT2D eigenvalue weighted by molar-refractivity contribution is -0.119. The van der Waals surface area contributed by atoms with Crippen LogP contribution in [0.1, 0.15) is 31.0 Å². The van der Waals surface area contributed by atoms with Gasteiger partial charge in [-0.3, -0.25) is 4.79 Å². The highest BCUT2D eigenvalue weighted by Crippen LogP contribution is 2.34. The molecule has 0 bridgehead atoms. The van der Waals surface area contributed by atoms with Gasteiger partial charge in [-0.1, -0.05) is 49.4 Å². The summed E-state index contributed by atoms with van der Waals surface area (Å²) in [4.78, 5) is 12.6. The first-order valence-electron chi connectivity index (χ1n) is 10.2. The molecular formula is C23H25N3O4S. The molecule has 162 valence electrons. The van der Waals surface area contributed by atoms with Crippen LogP contribution in [-0.4, -0.2) is 35.1 Å². The predicted molar refractivity (Wildman–Crippen MR) is 118 cm³/mol. The summed E-state index contributed by atoms with van der Waals surface area (Å²) in [7, 11) is 0. The molecule has 2 aromatic carbocycles. The van der Waals surface area contributed by atoms with Gasteiger partial charge in [0.05, 0.1) is 11.8 Å². The van der Waals surface area contributed by atoms with E-state index < -0.39 is 0 Å². The second kappa shape index (κ2) is 9.43. The first-order chi connectivity index (χ1) is 15.0. The molecule has 1 aliphatic rings. The molecule has 1 amide bonds. The number of aryl methyl sites for hydroxylation is 1. The summed E-state index contributed by atoms with van der Waals surface area (Å²) in [6.45, 7) is 7.23. The maximum Gasteiger partial charge on any atom is 0.277 e. The summed E-state index contributed by atoms with van der Waals surface area (Å²) in [5.74, 6) is 2.18. The van der Waals surface area contributed by atoms with Crippen molar-refractivity contribution < 1.29 is 18.7 Å². The van der Waals surface area contributed by atoms with E-state index in [4.69, 9.17) is 13.9 Å². The molecule has 8 heteroatoms. The Morgan fingerprint density at radius 2 is 1.90 bits per heavy atom. The van der Waals surface area contributed by atoms with E-state index in [1.54, 1.807) is 0 Å². The first kappa shape index (κ1) is 21.2. The van der Waals surface area contributed by atoms with Gasteiger partial charge in [0.15, 0.2) is 11.5 Å². The zero-order valence-electron chi connectivity index (χ0n) is 17.8. The number of hydrogen-bond acceptors (Lipinski definition) is 7. The Morgan fingerprint density at radius 1 is 1.10 bits per heavy atom. The fourth-order valence-electron chi connectivity index (χ4n) is 3.39. The Bertz CT molecular complexity index is 1070. The Balaban J connectivity index is 1.38. The third-order valence-corrected chi connectivity index (χ3v) is 5.73. The van der Waals surface area contributed by atoms with Crippen LogP contribution in [-0.2, 0) is 4.79 Å². The zero-order valence-corrected chi connectivity index (χ0v) is 18.6. The van der Waals surface area contributed by atoms with Gasteiger partial charge in [0.1, 0.15) is 13.2 Å². The van der Waals surface area contributed by atoms with Crippen molar-refractivity contribution in [2.45, 2.75) is 32.0 Å². The van der Waals surface area contributed by atoms with Crippen molar-refractivity contribution in [3.8, 4) is 23.0 Å². The van der Waals surface area contributed by atoms with E-state index in [1.165, 1.54) is 11.8 Å². The molecule has 2 heterocycles. The van der Waals surface area contributed by atoms with Crippen molar-refractivity contribution in [3.05, 3.63) is 53.6 Å². The summed E-state index contributed by atoms with van der Waals surface area (Å²) in [6.07, 6.45) is 0. The number of rotatable bonds is 7. The minimum atomic E-state index is -0.144. The van der Waals surface area contributed by atoms with Crippen LogP contribution in [0.4, 0.5) is 0 Å². The zero-order chi connectivity index (χ0) is 21.8. The Kier molecular flexibility index (Phi) is 6.46. The Labute approximate surface area is 185 Å². The van der Waals surface area contributed by atoms with Crippen LogP contribution in [0.25, 0.3) is 11.5 Å². The van der Waals surface area contributed by atoms with Crippen LogP contribution in [0.5, 0.6) is 11.5 Å². The highest BCUT2D eigenvalue weighted by atomic mass is 32.2. The molecule has 1 atom stereocenters. The number of fused-ring (bicyclic) bond motifs is 1. The Hall–Kier alpha value is -3.00. The molecule has 3 aromatic rings. The molecular weight excluding hydrogens is 414 g/mol. The Morgan fingerprint density at radius 3 is 2.68 bits per heavy atom. The van der Waals surface area contributed by atoms with Crippen molar-refractivity contribution in [1.29, 1.82) is 0 Å². The summed E-state index contributed by atoms with van der Waals surface area (Å²) in [5, 5.41) is 11.6. The highest BCUT2D eigenvalue weighted by molar-refractivity contribution is 7.99. The number of benzene rings is 2. The lowest BCUT2D eigenvalue weighted by Gasteiger charge is -2.25. The minimum Gasteiger partial charge on any atom is -0.486 e. The van der Waals surface area contributed by atoms with Crippen LogP contribution in [0.15, 0.2) is 52.1 Å². The number of nitrogens with zero attached hydrogens (tertiary/aromatic N) is 2. The van der Waals surface area contributed by atoms with Gasteiger partial charge in [0, 0.05) is 5.56 Å². The van der Waals surface area contributed by atoms with E-state index in [9.17, 15) is 4.79 Å². The molecule has 0 saturated carbocycles. The number of nitrogens with one attached hydrogen (secondary N) is 1. The van der Waals surface area contributed by atoms with Crippen molar-refractivity contribution in [1.82, 2.24) is 15.5 Å². The fraction of sp³-hybridized carbons (Fsp3) is 0.348. The van der Waals surface area contributed by atoms with Gasteiger partial charge in [-0.15, -0.1) is 10.2 Å². The number of ether oxygens (including phenoxy) is 2. The summed E-state index contributed by atoms with van der Waals surface area (Å²) in [5.41, 5.74) is 2.96. The largest absolute Gasteiger partial charge is 0.486 e. The molecule has 1 aliphatic heterocycles. The normalized spacial score (nSPS) is 13.8. The quantitative estimate of drug-likeness (QED) is 0.545. The number of hydrogen-bond donors (Lipinski definition) is 1. The monoisotopic (exact) mass is 439 g/mol. The van der Waals surface area contributed by atoms with Crippen LogP contribution in [0, 0.1) is 12.8 Å². The van der Waals surface area contributed by atoms with E-state index in [0.717, 1.165) is 22.4 Å². The fourth-order valence-corrected chi connectivity index (χ4v) is 3.97. The third-order valence-electron chi connectivity index (χ3n) is 4.91. The molecule has 4 rings (SSSR count). The van der Waals surface area contributed by atoms with Gasteiger partial charge < -0.3 is 19.2 Å². The second-order valence-corrected chi connectivity index (χ2v) is 8.65. The topological polar surface area (TPSA) is 86.5 Å². The van der Waals surface area contributed by atoms with Crippen LogP contribution >= 0.6 is 11.8 Å². The van der Waals surface area contributed by atoms with Gasteiger partial charge in [-0.25, -0.2) is 0 Å². The van der Waals surface area contributed by atoms with E-state index >= 15 is 0 Å². The van der Waals surface area contributed by atoms with Crippen molar-refractivity contribution >= 4 is 17.7 Å². The highest BCUT2D eigenvalue weighted by Gasteiger charge is 2.22. The van der Waals surface area contributed by atoms with Crippen molar-refractivity contribution in [2.24, 2.45) is 5.92 Å². The number of amides is 1. The molecule has 31 heavy (non-hydrogen) atoms. The molecule has 0 aliphatic carbocycles. The number of thioether (sulfide) groups is 1. The van der Waals surface area contributed by atoms with Crippen LogP contribution in [0.2, 0.25) is 0 Å². The van der Waals surface area contributed by atoms with E-state index in [1.807, 2.05) is 49.4 Å². The molecule has 7 nitrogen and oxygen atoms in total. The minimum absolute atomic E-state index is 0.103. The lowest BCUT2D eigenvalue weighted by Crippen LogP contribution is -2.33. The van der Waals surface area contributed by atoms with Crippen molar-refractivity contribution in [2.75, 3.05) is 19.0 Å². The SMILES string of the molecule is Cc1cccc(-c2nnc(SCC(=O)NC(c3ccc4c(c3)OCCO4)C(C)C)o2)c1. The molecule has 0 radical (unpaired) electrons. The van der Waals surface area contributed by atoms with Gasteiger partial charge >= 0.3 is 0 Å². The number of carbonyl (C=O) groups excluding carboxylic acids is 1. The maximum atomic E-state index is 12.6. The van der Waals surface area contributed by atoms with Gasteiger partial charge in [-0.05, 0) is 42.7 Å². The summed E-state index contributed by atoms with van der Waals surface area (Å²) in [6, 6.07) is 13.5. The van der Waals surface area contributed by atoms with Gasteiger partial charge in [0.25, 0.3) is 5.22 Å². The molecule has 0 fully saturated rings. The smallest absolute Gasteiger partial charge is 0.277 e. The first-order valence-corrected chi connectivity index (χ1v) is 11.2. The van der Waals surface area contributed by atoms with E-state index in [-0.39, 0.29) is 23.6 Å². The molecule has 0 saturated heterocycles. The standard InChI is InChI=1S/C23H25N3O4S/c1-14(2)21(16-7-8-18-19(12-16)29-10-9-28-18)24-20(27)13-31-23-26-25-22(30-23)17-6-4-5-15(3)11-17/h4-8,11-12,14,21H,9-10,13H2,1-3H3,(H,24,27). The van der Waals surface area contributed by atoms with E-state index in [0.29, 0.717) is 30.1 Å². The third kappa shape index (κ3) is 5.19. The van der Waals surface area contributed by atoms with E-state index in [2.05, 4.69) is 29.4 Å². The van der Waals surface area contributed by atoms with Crippen LogP contribution in [0.3, 0.4) is 0 Å². The predicted octanol–water partition coefficient (Wildman–Crippen LogP) is 4.42. The lowest BCUT2D eigenvalue weighted by atomic mass is 9.95. The number of aromatic nitrogens is 2. The van der Waals surface area contributed by atoms with Crippen molar-refractivity contribution in [3.63, 3.8) is 0 Å². The molecule has 1 unspecified atom stereocenters. The molecule has 1 N–H and O–H groups in total. The van der Waals surface area contributed by atoms with Gasteiger partial charge in [-0.2, -0.15) is 0 Å². The summed E-state index contributed by atoms with van der Waals surface area (Å²) < 4.78 is 17.0. The number of carbonyl (C=O) groups is 1. The van der Waals surface area contributed by atoms with Crippen LogP contribution < -0.4 is 14.8 Å². The molecule has 1 aromatic heterocycles. The van der Waals surface area contributed by atoms with Gasteiger partial charge in [0.2, 0.25) is 11.8 Å². The molecule has 0 spiro atoms. The average Bonchev–Trinajstić information content (AvgIpc) is 3.25.